The highest BCUT2D eigenvalue weighted by molar-refractivity contribution is 6.34. The first-order valence-corrected chi connectivity index (χ1v) is 9.47. The molecule has 0 amide bonds. The van der Waals surface area contributed by atoms with Gasteiger partial charge >= 0.3 is 12.4 Å². The molecule has 0 radical (unpaired) electrons. The molecule has 30 heavy (non-hydrogen) atoms. The van der Waals surface area contributed by atoms with Gasteiger partial charge in [0.05, 0.1) is 5.92 Å². The van der Waals surface area contributed by atoms with E-state index in [1.165, 1.54) is 36.4 Å². The van der Waals surface area contributed by atoms with Gasteiger partial charge in [-0.3, -0.25) is 4.79 Å². The molecule has 0 bridgehead atoms. The highest BCUT2D eigenvalue weighted by Gasteiger charge is 2.39. The minimum Gasteiger partial charge on any atom is -0.299 e. The molecule has 9 heteroatoms. The van der Waals surface area contributed by atoms with Crippen LogP contribution in [0.15, 0.2) is 48.5 Å². The van der Waals surface area contributed by atoms with Gasteiger partial charge in [0.2, 0.25) is 0 Å². The average Bonchev–Trinajstić information content (AvgIpc) is 2.57. The van der Waals surface area contributed by atoms with Crippen LogP contribution in [0.2, 0.25) is 10.0 Å². The lowest BCUT2D eigenvalue weighted by Gasteiger charge is -2.18. The predicted molar refractivity (Wildman–Crippen MR) is 105 cm³/mol. The van der Waals surface area contributed by atoms with Crippen molar-refractivity contribution in [1.29, 1.82) is 0 Å². The fourth-order valence-corrected chi connectivity index (χ4v) is 3.31. The summed E-state index contributed by atoms with van der Waals surface area (Å²) >= 11 is 11.6. The largest absolute Gasteiger partial charge is 0.399 e. The Bertz CT molecular complexity index is 881. The van der Waals surface area contributed by atoms with E-state index in [-0.39, 0.29) is 28.5 Å². The second-order valence-corrected chi connectivity index (χ2v) is 7.53. The summed E-state index contributed by atoms with van der Waals surface area (Å²) in [4.78, 5) is 11.3. The number of benzene rings is 2. The topological polar surface area (TPSA) is 17.1 Å². The van der Waals surface area contributed by atoms with E-state index in [1.54, 1.807) is 12.1 Å². The molecule has 0 aliphatic carbocycles. The lowest BCUT2D eigenvalue weighted by Crippen LogP contribution is -2.18. The Hall–Kier alpha value is -1.99. The zero-order valence-electron chi connectivity index (χ0n) is 15.3. The number of halogens is 8. The molecule has 162 valence electrons. The zero-order chi connectivity index (χ0) is 22.5. The van der Waals surface area contributed by atoms with Crippen LogP contribution >= 0.6 is 23.2 Å². The highest BCUT2D eigenvalue weighted by Crippen LogP contribution is 2.38. The lowest BCUT2D eigenvalue weighted by atomic mass is 9.96. The molecule has 0 saturated heterocycles. The normalized spacial score (nSPS) is 13.6. The quantitative estimate of drug-likeness (QED) is 0.378. The van der Waals surface area contributed by atoms with E-state index in [1.807, 2.05) is 0 Å². The van der Waals surface area contributed by atoms with Crippen LogP contribution in [0.1, 0.15) is 35.4 Å². The molecular formula is C21H16Cl2F6O. The van der Waals surface area contributed by atoms with Crippen LogP contribution in [0.25, 0.3) is 6.08 Å². The van der Waals surface area contributed by atoms with E-state index in [2.05, 4.69) is 0 Å². The van der Waals surface area contributed by atoms with E-state index in [9.17, 15) is 31.1 Å². The van der Waals surface area contributed by atoms with E-state index in [0.717, 1.165) is 6.08 Å². The summed E-state index contributed by atoms with van der Waals surface area (Å²) in [5.41, 5.74) is 0.968. The number of aryl methyl sites for hydroxylation is 1. The highest BCUT2D eigenvalue weighted by atomic mass is 35.5. The van der Waals surface area contributed by atoms with Gasteiger partial charge in [0, 0.05) is 16.5 Å². The van der Waals surface area contributed by atoms with Crippen molar-refractivity contribution in [2.24, 2.45) is 0 Å². The SMILES string of the molecule is O=C(CCc1ccc(/C=C/C(c2cc(Cl)cc(Cl)c2)C(F)(F)F)cc1)CC(F)(F)F. The molecule has 0 fully saturated rings. The Morgan fingerprint density at radius 3 is 2.00 bits per heavy atom. The molecule has 0 aromatic heterocycles. The van der Waals surface area contributed by atoms with Crippen LogP contribution in [-0.4, -0.2) is 18.1 Å². The Labute approximate surface area is 179 Å². The molecule has 0 saturated carbocycles. The maximum Gasteiger partial charge on any atom is 0.399 e. The molecule has 0 N–H and O–H groups in total. The standard InChI is InChI=1S/C21H16Cl2F6O/c22-16-9-15(10-17(23)11-16)19(21(27,28)29)8-6-14-3-1-13(2-4-14)5-7-18(30)12-20(24,25)26/h1-4,6,8-11,19H,5,7,12H2/b8-6+. The third-order valence-corrected chi connectivity index (χ3v) is 4.58. The molecule has 0 aliphatic heterocycles. The van der Waals surface area contributed by atoms with Crippen molar-refractivity contribution in [3.05, 3.63) is 75.3 Å². The molecule has 2 aromatic carbocycles. The Balaban J connectivity index is 2.09. The first-order chi connectivity index (χ1) is 13.8. The molecule has 1 nitrogen and oxygen atoms in total. The van der Waals surface area contributed by atoms with Gasteiger partial charge in [-0.1, -0.05) is 59.6 Å². The molecule has 1 unspecified atom stereocenters. The maximum absolute atomic E-state index is 13.5. The summed E-state index contributed by atoms with van der Waals surface area (Å²) in [5, 5.41) is 0.175. The van der Waals surface area contributed by atoms with Crippen molar-refractivity contribution < 1.29 is 31.1 Å². The van der Waals surface area contributed by atoms with Crippen molar-refractivity contribution in [2.45, 2.75) is 37.5 Å². The second kappa shape index (κ2) is 9.88. The summed E-state index contributed by atoms with van der Waals surface area (Å²) in [6.07, 6.45) is -8.46. The fraction of sp³-hybridized carbons (Fsp3) is 0.286. The molecule has 1 atom stereocenters. The smallest absolute Gasteiger partial charge is 0.299 e. The molecule has 2 rings (SSSR count). The molecule has 0 aliphatic rings. The molecule has 0 heterocycles. The minimum atomic E-state index is -4.57. The minimum absolute atomic E-state index is 0.0876. The Morgan fingerprint density at radius 2 is 1.50 bits per heavy atom. The summed E-state index contributed by atoms with van der Waals surface area (Å²) in [5.74, 6) is -2.84. The number of ketones is 1. The number of carbonyl (C=O) groups is 1. The van der Waals surface area contributed by atoms with Crippen LogP contribution in [0.4, 0.5) is 26.3 Å². The van der Waals surface area contributed by atoms with Gasteiger partial charge in [0.1, 0.15) is 12.2 Å². The lowest BCUT2D eigenvalue weighted by molar-refractivity contribution is -0.152. The van der Waals surface area contributed by atoms with Crippen LogP contribution < -0.4 is 0 Å². The predicted octanol–water partition coefficient (Wildman–Crippen LogP) is 7.81. The number of carbonyl (C=O) groups excluding carboxylic acids is 1. The second-order valence-electron chi connectivity index (χ2n) is 6.65. The van der Waals surface area contributed by atoms with Gasteiger partial charge in [-0.2, -0.15) is 26.3 Å². The molecule has 0 spiro atoms. The maximum atomic E-state index is 13.5. The van der Waals surface area contributed by atoms with Gasteiger partial charge in [0.15, 0.2) is 0 Å². The van der Waals surface area contributed by atoms with E-state index < -0.39 is 30.5 Å². The number of alkyl halides is 6. The van der Waals surface area contributed by atoms with Gasteiger partial charge in [0.25, 0.3) is 0 Å². The first kappa shape index (κ1) is 24.3. The third-order valence-electron chi connectivity index (χ3n) is 4.15. The average molecular weight is 469 g/mol. The van der Waals surface area contributed by atoms with Crippen LogP contribution in [0.5, 0.6) is 0 Å². The van der Waals surface area contributed by atoms with E-state index in [0.29, 0.717) is 11.1 Å². The van der Waals surface area contributed by atoms with Crippen molar-refractivity contribution >= 4 is 35.1 Å². The van der Waals surface area contributed by atoms with Gasteiger partial charge < -0.3 is 0 Å². The van der Waals surface area contributed by atoms with Crippen LogP contribution in [0, 0.1) is 0 Å². The monoisotopic (exact) mass is 468 g/mol. The van der Waals surface area contributed by atoms with Crippen molar-refractivity contribution in [2.75, 3.05) is 0 Å². The summed E-state index contributed by atoms with van der Waals surface area (Å²) in [6.45, 7) is 0. The van der Waals surface area contributed by atoms with Crippen molar-refractivity contribution in [3.63, 3.8) is 0 Å². The Kier molecular flexibility index (Phi) is 7.99. The molecular weight excluding hydrogens is 453 g/mol. The van der Waals surface area contributed by atoms with Crippen molar-refractivity contribution in [3.8, 4) is 0 Å². The van der Waals surface area contributed by atoms with Gasteiger partial charge in [-0.25, -0.2) is 0 Å². The number of hydrogen-bond donors (Lipinski definition) is 0. The third kappa shape index (κ3) is 8.03. The van der Waals surface area contributed by atoms with Crippen LogP contribution in [0.3, 0.4) is 0 Å². The van der Waals surface area contributed by atoms with Crippen molar-refractivity contribution in [1.82, 2.24) is 0 Å². The van der Waals surface area contributed by atoms with E-state index in [4.69, 9.17) is 23.2 Å². The number of rotatable bonds is 7. The van der Waals surface area contributed by atoms with E-state index >= 15 is 0 Å². The number of Topliss-reactive ketones (excluding diaryl/α,β-unsaturated/α-hetero) is 1. The number of hydrogen-bond acceptors (Lipinski definition) is 1. The number of allylic oxidation sites excluding steroid dienone is 1. The Morgan fingerprint density at radius 1 is 0.933 bits per heavy atom. The fourth-order valence-electron chi connectivity index (χ4n) is 2.76. The van der Waals surface area contributed by atoms with Crippen LogP contribution in [-0.2, 0) is 11.2 Å². The molecule has 2 aromatic rings. The van der Waals surface area contributed by atoms with Gasteiger partial charge in [-0.15, -0.1) is 0 Å². The van der Waals surface area contributed by atoms with Gasteiger partial charge in [-0.05, 0) is 41.3 Å². The summed E-state index contributed by atoms with van der Waals surface area (Å²) in [6, 6.07) is 9.88. The zero-order valence-corrected chi connectivity index (χ0v) is 16.8. The summed E-state index contributed by atoms with van der Waals surface area (Å²) < 4.78 is 76.9. The first-order valence-electron chi connectivity index (χ1n) is 8.72. The summed E-state index contributed by atoms with van der Waals surface area (Å²) in [7, 11) is 0.